The van der Waals surface area contributed by atoms with Crippen LogP contribution in [0.4, 0.5) is 0 Å². The number of rotatable bonds is 2. The highest BCUT2D eigenvalue weighted by Gasteiger charge is 2.26. The maximum atomic E-state index is 9.18. The third-order valence-corrected chi connectivity index (χ3v) is 1.76. The fraction of sp³-hybridized carbons (Fsp3) is 1.00. The van der Waals surface area contributed by atoms with Gasteiger partial charge in [0.25, 0.3) is 0 Å². The normalized spacial score (nSPS) is 39.5. The Morgan fingerprint density at radius 2 is 2.17 bits per heavy atom. The minimum atomic E-state index is -0.752. The second-order valence-electron chi connectivity index (χ2n) is 3.29. The van der Waals surface area contributed by atoms with E-state index in [1.54, 1.807) is 6.92 Å². The maximum absolute atomic E-state index is 9.18. The molecule has 0 bridgehead atoms. The number of hydrogen-bond donors (Lipinski definition) is 2. The van der Waals surface area contributed by atoms with E-state index in [0.717, 1.165) is 0 Å². The van der Waals surface area contributed by atoms with Crippen LogP contribution in [0.3, 0.4) is 0 Å². The molecule has 4 unspecified atom stereocenters. The van der Waals surface area contributed by atoms with Crippen LogP contribution in [-0.2, 0) is 9.47 Å². The van der Waals surface area contributed by atoms with Crippen molar-refractivity contribution in [2.24, 2.45) is 0 Å². The first kappa shape index (κ1) is 9.92. The van der Waals surface area contributed by atoms with E-state index in [4.69, 9.17) is 14.6 Å². The van der Waals surface area contributed by atoms with Crippen molar-refractivity contribution in [3.63, 3.8) is 0 Å². The Hall–Kier alpha value is -0.160. The highest BCUT2D eigenvalue weighted by Crippen LogP contribution is 2.19. The number of ether oxygens (including phenoxy) is 2. The van der Waals surface area contributed by atoms with Gasteiger partial charge in [-0.05, 0) is 13.8 Å². The summed E-state index contributed by atoms with van der Waals surface area (Å²) in [6.07, 6.45) is -0.788. The average molecular weight is 176 g/mol. The van der Waals surface area contributed by atoms with Gasteiger partial charge in [0.2, 0.25) is 0 Å². The van der Waals surface area contributed by atoms with Crippen molar-refractivity contribution in [1.82, 2.24) is 0 Å². The molecule has 72 valence electrons. The van der Waals surface area contributed by atoms with Gasteiger partial charge in [-0.1, -0.05) is 0 Å². The maximum Gasteiger partial charge on any atom is 0.163 e. The first-order valence-electron chi connectivity index (χ1n) is 4.25. The smallest absolute Gasteiger partial charge is 0.163 e. The van der Waals surface area contributed by atoms with Crippen LogP contribution in [-0.4, -0.2) is 35.0 Å². The Morgan fingerprint density at radius 3 is 2.67 bits per heavy atom. The van der Waals surface area contributed by atoms with Crippen molar-refractivity contribution in [3.8, 4) is 0 Å². The predicted molar refractivity (Wildman–Crippen MR) is 42.3 cm³/mol. The van der Waals surface area contributed by atoms with Gasteiger partial charge in [-0.3, -0.25) is 0 Å². The van der Waals surface area contributed by atoms with Crippen molar-refractivity contribution in [3.05, 3.63) is 0 Å². The van der Waals surface area contributed by atoms with Gasteiger partial charge < -0.3 is 19.7 Å². The molecule has 0 saturated carbocycles. The molecular formula is C8H16O4. The third kappa shape index (κ3) is 3.06. The van der Waals surface area contributed by atoms with Crippen LogP contribution in [0.15, 0.2) is 0 Å². The molecule has 0 radical (unpaired) electrons. The van der Waals surface area contributed by atoms with E-state index in [9.17, 15) is 5.11 Å². The van der Waals surface area contributed by atoms with E-state index < -0.39 is 18.7 Å². The van der Waals surface area contributed by atoms with Gasteiger partial charge in [-0.15, -0.1) is 0 Å². The van der Waals surface area contributed by atoms with Gasteiger partial charge in [-0.2, -0.15) is 0 Å². The summed E-state index contributed by atoms with van der Waals surface area (Å²) < 4.78 is 10.4. The van der Waals surface area contributed by atoms with Gasteiger partial charge >= 0.3 is 0 Å². The van der Waals surface area contributed by atoms with Gasteiger partial charge in [0, 0.05) is 12.8 Å². The summed E-state index contributed by atoms with van der Waals surface area (Å²) in [5.41, 5.74) is 0. The summed E-state index contributed by atoms with van der Waals surface area (Å²) in [5, 5.41) is 18.2. The van der Waals surface area contributed by atoms with Crippen LogP contribution >= 0.6 is 0 Å². The molecule has 12 heavy (non-hydrogen) atoms. The Kier molecular flexibility index (Phi) is 3.46. The van der Waals surface area contributed by atoms with Crippen molar-refractivity contribution in [2.45, 2.75) is 51.5 Å². The molecule has 1 heterocycles. The molecule has 4 atom stereocenters. The summed E-state index contributed by atoms with van der Waals surface area (Å²) in [7, 11) is 0. The molecule has 1 saturated heterocycles. The molecule has 0 amide bonds. The topological polar surface area (TPSA) is 58.9 Å². The van der Waals surface area contributed by atoms with Crippen molar-refractivity contribution >= 4 is 0 Å². The third-order valence-electron chi connectivity index (χ3n) is 1.76. The van der Waals surface area contributed by atoms with Crippen LogP contribution in [0.2, 0.25) is 0 Å². The van der Waals surface area contributed by atoms with Gasteiger partial charge in [0.15, 0.2) is 12.6 Å². The molecule has 0 spiro atoms. The molecule has 4 heteroatoms. The van der Waals surface area contributed by atoms with Gasteiger partial charge in [0.05, 0.1) is 12.2 Å². The quantitative estimate of drug-likeness (QED) is 0.632. The molecule has 0 aromatic rings. The lowest BCUT2D eigenvalue weighted by Crippen LogP contribution is -2.38. The lowest BCUT2D eigenvalue weighted by molar-refractivity contribution is -0.295. The number of aliphatic hydroxyl groups excluding tert-OH is 2. The van der Waals surface area contributed by atoms with E-state index in [1.807, 2.05) is 6.92 Å². The molecule has 0 aromatic heterocycles. The van der Waals surface area contributed by atoms with Gasteiger partial charge in [0.1, 0.15) is 0 Å². The Labute approximate surface area is 72.1 Å². The average Bonchev–Trinajstić information content (AvgIpc) is 1.81. The lowest BCUT2D eigenvalue weighted by Gasteiger charge is -2.32. The van der Waals surface area contributed by atoms with Crippen LogP contribution in [0.1, 0.15) is 26.7 Å². The highest BCUT2D eigenvalue weighted by atomic mass is 16.7. The first-order valence-corrected chi connectivity index (χ1v) is 4.25. The zero-order valence-corrected chi connectivity index (χ0v) is 7.43. The lowest BCUT2D eigenvalue weighted by atomic mass is 10.2. The minimum Gasteiger partial charge on any atom is -0.393 e. The zero-order chi connectivity index (χ0) is 9.14. The first-order chi connectivity index (χ1) is 5.58. The second kappa shape index (κ2) is 4.18. The monoisotopic (exact) mass is 176 g/mol. The molecular weight excluding hydrogens is 160 g/mol. The van der Waals surface area contributed by atoms with Crippen molar-refractivity contribution < 1.29 is 19.7 Å². The molecule has 2 N–H and O–H groups in total. The molecule has 1 fully saturated rings. The van der Waals surface area contributed by atoms with Crippen LogP contribution in [0.5, 0.6) is 0 Å². The Morgan fingerprint density at radius 1 is 1.50 bits per heavy atom. The second-order valence-corrected chi connectivity index (χ2v) is 3.29. The Balaban J connectivity index is 2.34. The summed E-state index contributed by atoms with van der Waals surface area (Å²) in [6.45, 7) is 3.54. The van der Waals surface area contributed by atoms with Gasteiger partial charge in [-0.25, -0.2) is 0 Å². The van der Waals surface area contributed by atoms with E-state index in [2.05, 4.69) is 0 Å². The van der Waals surface area contributed by atoms with Crippen molar-refractivity contribution in [2.75, 3.05) is 0 Å². The van der Waals surface area contributed by atoms with Crippen LogP contribution in [0, 0.1) is 0 Å². The minimum absolute atomic E-state index is 0.00231. The predicted octanol–water partition coefficient (Wildman–Crippen LogP) is 0.227. The molecule has 4 nitrogen and oxygen atoms in total. The molecule has 1 aliphatic rings. The summed E-state index contributed by atoms with van der Waals surface area (Å²) >= 11 is 0. The summed E-state index contributed by atoms with van der Waals surface area (Å²) in [4.78, 5) is 0. The largest absolute Gasteiger partial charge is 0.393 e. The molecule has 1 rings (SSSR count). The molecule has 0 aliphatic carbocycles. The summed E-state index contributed by atoms with van der Waals surface area (Å²) in [6, 6.07) is 0. The fourth-order valence-electron chi connectivity index (χ4n) is 1.25. The Bertz CT molecular complexity index is 124. The standard InChI is InChI=1S/C8H16O4/c1-5(9)3-8-11-6(2)4-7(10)12-8/h5-10H,3-4H2,1-2H3. The SMILES string of the molecule is CC(O)CC1OC(C)CC(O)O1. The van der Waals surface area contributed by atoms with Crippen LogP contribution in [0.25, 0.3) is 0 Å². The number of hydrogen-bond acceptors (Lipinski definition) is 4. The number of aliphatic hydroxyl groups is 2. The van der Waals surface area contributed by atoms with E-state index in [-0.39, 0.29) is 6.10 Å². The molecule has 0 aromatic carbocycles. The molecule has 1 aliphatic heterocycles. The fourth-order valence-corrected chi connectivity index (χ4v) is 1.25. The van der Waals surface area contributed by atoms with Crippen LogP contribution < -0.4 is 0 Å². The van der Waals surface area contributed by atoms with E-state index in [1.165, 1.54) is 0 Å². The summed E-state index contributed by atoms with van der Waals surface area (Å²) in [5.74, 6) is 0. The van der Waals surface area contributed by atoms with E-state index >= 15 is 0 Å². The highest BCUT2D eigenvalue weighted by molar-refractivity contribution is 4.63. The van der Waals surface area contributed by atoms with E-state index in [0.29, 0.717) is 12.8 Å². The van der Waals surface area contributed by atoms with Crippen molar-refractivity contribution in [1.29, 1.82) is 0 Å². The zero-order valence-electron chi connectivity index (χ0n) is 7.43.